The largest absolute Gasteiger partial charge is 0.506 e. The van der Waals surface area contributed by atoms with Gasteiger partial charge in [0.1, 0.15) is 11.3 Å². The second kappa shape index (κ2) is 7.78. The monoisotopic (exact) mass is 425 g/mol. The molecule has 0 radical (unpaired) electrons. The topological polar surface area (TPSA) is 57.6 Å². The van der Waals surface area contributed by atoms with Crippen molar-refractivity contribution in [1.82, 2.24) is 4.90 Å². The van der Waals surface area contributed by atoms with Crippen molar-refractivity contribution >= 4 is 52.3 Å². The minimum atomic E-state index is -0.293. The number of hydrogen-bond donors (Lipinski definition) is 1. The zero-order valence-corrected chi connectivity index (χ0v) is 17.2. The lowest BCUT2D eigenvalue weighted by Gasteiger charge is -2.27. The van der Waals surface area contributed by atoms with Crippen molar-refractivity contribution in [3.63, 3.8) is 0 Å². The molecule has 2 bridgehead atoms. The van der Waals surface area contributed by atoms with Gasteiger partial charge in [0.15, 0.2) is 11.6 Å². The molecule has 1 heterocycles. The Morgan fingerprint density at radius 1 is 1.11 bits per heavy atom. The van der Waals surface area contributed by atoms with E-state index < -0.39 is 0 Å². The third-order valence-electron chi connectivity index (χ3n) is 5.83. The highest BCUT2D eigenvalue weighted by Crippen LogP contribution is 2.43. The van der Waals surface area contributed by atoms with Gasteiger partial charge in [-0.3, -0.25) is 14.5 Å². The summed E-state index contributed by atoms with van der Waals surface area (Å²) in [4.78, 5) is 27.6. The van der Waals surface area contributed by atoms with E-state index >= 15 is 0 Å². The molecule has 7 heteroatoms. The predicted molar refractivity (Wildman–Crippen MR) is 109 cm³/mol. The molecule has 2 saturated carbocycles. The number of carbonyl (C=O) groups is 2. The molecule has 1 aromatic rings. The van der Waals surface area contributed by atoms with Crippen LogP contribution >= 0.6 is 35.0 Å². The lowest BCUT2D eigenvalue weighted by atomic mass is 9.81. The SMILES string of the molecule is O=C1C(=C(O)c2ccc(Cl)c(CN3CCSCC3)c2Cl)C(=O)C2CCC1C2. The van der Waals surface area contributed by atoms with Crippen LogP contribution in [0.1, 0.15) is 30.4 Å². The fraction of sp³-hybridized carbons (Fsp3) is 0.500. The Hall–Kier alpha value is -1.01. The van der Waals surface area contributed by atoms with Crippen molar-refractivity contribution in [1.29, 1.82) is 0 Å². The summed E-state index contributed by atoms with van der Waals surface area (Å²) in [6.45, 7) is 2.49. The Labute approximate surface area is 172 Å². The quantitative estimate of drug-likeness (QED) is 0.442. The number of nitrogens with zero attached hydrogens (tertiary/aromatic N) is 1. The molecule has 1 saturated heterocycles. The van der Waals surface area contributed by atoms with E-state index in [2.05, 4.69) is 4.90 Å². The third kappa shape index (κ3) is 3.55. The van der Waals surface area contributed by atoms with E-state index in [9.17, 15) is 14.7 Å². The number of halogens is 2. The zero-order chi connectivity index (χ0) is 19.1. The molecule has 1 aromatic carbocycles. The number of ketones is 2. The molecule has 1 aliphatic heterocycles. The van der Waals surface area contributed by atoms with Gasteiger partial charge in [-0.25, -0.2) is 0 Å². The number of fused-ring (bicyclic) bond motifs is 2. The van der Waals surface area contributed by atoms with E-state index in [0.29, 0.717) is 28.6 Å². The first-order valence-corrected chi connectivity index (χ1v) is 11.2. The van der Waals surface area contributed by atoms with Crippen LogP contribution in [0.25, 0.3) is 5.76 Å². The summed E-state index contributed by atoms with van der Waals surface area (Å²) in [6.07, 6.45) is 2.05. The number of aliphatic hydroxyl groups excluding tert-OH is 1. The number of hydrogen-bond acceptors (Lipinski definition) is 5. The average molecular weight is 426 g/mol. The molecule has 2 aliphatic carbocycles. The smallest absolute Gasteiger partial charge is 0.173 e. The first-order valence-electron chi connectivity index (χ1n) is 9.26. The number of allylic oxidation sites excluding steroid dienone is 1. The van der Waals surface area contributed by atoms with E-state index in [-0.39, 0.29) is 34.7 Å². The lowest BCUT2D eigenvalue weighted by molar-refractivity contribution is -0.127. The van der Waals surface area contributed by atoms with Gasteiger partial charge in [-0.15, -0.1) is 0 Å². The third-order valence-corrected chi connectivity index (χ3v) is 7.56. The summed E-state index contributed by atoms with van der Waals surface area (Å²) < 4.78 is 0. The number of rotatable bonds is 3. The molecule has 0 amide bonds. The van der Waals surface area contributed by atoms with Crippen LogP contribution in [0.5, 0.6) is 0 Å². The average Bonchev–Trinajstić information content (AvgIpc) is 3.12. The van der Waals surface area contributed by atoms with Gasteiger partial charge in [0.05, 0.1) is 5.02 Å². The van der Waals surface area contributed by atoms with Gasteiger partial charge in [0.2, 0.25) is 0 Å². The van der Waals surface area contributed by atoms with Crippen LogP contribution in [0.2, 0.25) is 10.0 Å². The molecule has 0 spiro atoms. The van der Waals surface area contributed by atoms with Crippen LogP contribution in [0, 0.1) is 11.8 Å². The molecule has 3 fully saturated rings. The van der Waals surface area contributed by atoms with E-state index in [1.165, 1.54) is 0 Å². The van der Waals surface area contributed by atoms with E-state index in [1.54, 1.807) is 12.1 Å². The summed E-state index contributed by atoms with van der Waals surface area (Å²) in [6, 6.07) is 3.28. The molecule has 0 aromatic heterocycles. The molecule has 2 unspecified atom stereocenters. The van der Waals surface area contributed by atoms with Gasteiger partial charge >= 0.3 is 0 Å². The first kappa shape index (κ1) is 19.3. The van der Waals surface area contributed by atoms with Crippen LogP contribution in [0.4, 0.5) is 0 Å². The van der Waals surface area contributed by atoms with Crippen molar-refractivity contribution < 1.29 is 14.7 Å². The summed E-state index contributed by atoms with van der Waals surface area (Å²) >= 11 is 14.9. The highest BCUT2D eigenvalue weighted by molar-refractivity contribution is 7.99. The molecular weight excluding hydrogens is 405 g/mol. The second-order valence-corrected chi connectivity index (χ2v) is 9.44. The highest BCUT2D eigenvalue weighted by atomic mass is 35.5. The Bertz CT molecular complexity index is 809. The second-order valence-electron chi connectivity index (χ2n) is 7.44. The minimum absolute atomic E-state index is 0.0710. The normalized spacial score (nSPS) is 25.9. The van der Waals surface area contributed by atoms with Crippen LogP contribution in [-0.4, -0.2) is 46.2 Å². The number of thioether (sulfide) groups is 1. The number of carbonyl (C=O) groups excluding carboxylic acids is 2. The maximum Gasteiger partial charge on any atom is 0.173 e. The van der Waals surface area contributed by atoms with Gasteiger partial charge in [0, 0.05) is 59.1 Å². The van der Waals surface area contributed by atoms with E-state index in [4.69, 9.17) is 23.2 Å². The van der Waals surface area contributed by atoms with Crippen molar-refractivity contribution in [3.8, 4) is 0 Å². The molecule has 3 aliphatic rings. The fourth-order valence-electron chi connectivity index (χ4n) is 4.26. The molecule has 27 heavy (non-hydrogen) atoms. The van der Waals surface area contributed by atoms with E-state index in [1.807, 2.05) is 11.8 Å². The highest BCUT2D eigenvalue weighted by Gasteiger charge is 2.45. The minimum Gasteiger partial charge on any atom is -0.506 e. The van der Waals surface area contributed by atoms with Crippen molar-refractivity contribution in [2.45, 2.75) is 25.8 Å². The van der Waals surface area contributed by atoms with Crippen molar-refractivity contribution in [2.75, 3.05) is 24.6 Å². The maximum atomic E-state index is 12.7. The summed E-state index contributed by atoms with van der Waals surface area (Å²) in [5.74, 6) is 1.05. The standard InChI is InChI=1S/C20H21Cl2NO3S/c21-15-4-3-13(17(22)14(15)10-23-5-7-27-8-6-23)20(26)16-18(24)11-1-2-12(9-11)19(16)25/h3-4,11-12,26H,1-2,5-10H2. The Kier molecular flexibility index (Phi) is 5.57. The molecule has 4 rings (SSSR count). The molecule has 1 N–H and O–H groups in total. The van der Waals surface area contributed by atoms with Crippen molar-refractivity contribution in [2.24, 2.45) is 11.8 Å². The number of Topliss-reactive ketones (excluding diaryl/α,β-unsaturated/α-hetero) is 2. The predicted octanol–water partition coefficient (Wildman–Crippen LogP) is 4.38. The summed E-state index contributed by atoms with van der Waals surface area (Å²) in [7, 11) is 0. The van der Waals surface area contributed by atoms with Gasteiger partial charge in [-0.05, 0) is 31.4 Å². The van der Waals surface area contributed by atoms with Gasteiger partial charge in [0.25, 0.3) is 0 Å². The van der Waals surface area contributed by atoms with Gasteiger partial charge in [-0.2, -0.15) is 11.8 Å². The van der Waals surface area contributed by atoms with Crippen LogP contribution in [0.15, 0.2) is 17.7 Å². The first-order chi connectivity index (χ1) is 13.0. The molecule has 4 nitrogen and oxygen atoms in total. The molecule has 2 atom stereocenters. The van der Waals surface area contributed by atoms with Crippen molar-refractivity contribution in [3.05, 3.63) is 38.9 Å². The van der Waals surface area contributed by atoms with Gasteiger partial charge < -0.3 is 5.11 Å². The summed E-state index contributed by atoms with van der Waals surface area (Å²) in [5, 5.41) is 11.7. The van der Waals surface area contributed by atoms with E-state index in [0.717, 1.165) is 43.0 Å². The number of aliphatic hydroxyl groups is 1. The summed E-state index contributed by atoms with van der Waals surface area (Å²) in [5.41, 5.74) is 0.979. The van der Waals surface area contributed by atoms with Crippen LogP contribution < -0.4 is 0 Å². The van der Waals surface area contributed by atoms with Crippen LogP contribution in [0.3, 0.4) is 0 Å². The van der Waals surface area contributed by atoms with Gasteiger partial charge in [-0.1, -0.05) is 23.2 Å². The van der Waals surface area contributed by atoms with Crippen LogP contribution in [-0.2, 0) is 16.1 Å². The maximum absolute atomic E-state index is 12.7. The Morgan fingerprint density at radius 2 is 1.74 bits per heavy atom. The Morgan fingerprint density at radius 3 is 2.37 bits per heavy atom. The fourth-order valence-corrected chi connectivity index (χ4v) is 5.82. The lowest BCUT2D eigenvalue weighted by Crippen LogP contribution is -2.32. The Balaban J connectivity index is 1.72. The molecular formula is C20H21Cl2NO3S. The molecule has 144 valence electrons. The number of benzene rings is 1. The zero-order valence-electron chi connectivity index (χ0n) is 14.8.